The summed E-state index contributed by atoms with van der Waals surface area (Å²) in [6.45, 7) is 6.62. The number of nitrogens with one attached hydrogen (secondary N) is 1. The lowest BCUT2D eigenvalue weighted by Crippen LogP contribution is -2.53. The molecule has 1 heterocycles. The van der Waals surface area contributed by atoms with E-state index >= 15 is 0 Å². The smallest absolute Gasteiger partial charge is 0.226 e. The van der Waals surface area contributed by atoms with E-state index in [9.17, 15) is 4.79 Å². The average molecular weight is 331 g/mol. The van der Waals surface area contributed by atoms with Crippen molar-refractivity contribution in [3.8, 4) is 10.6 Å². The van der Waals surface area contributed by atoms with Gasteiger partial charge in [-0.2, -0.15) is 0 Å². The molecule has 0 fully saturated rings. The Balaban J connectivity index is 2.04. The van der Waals surface area contributed by atoms with Crippen molar-refractivity contribution in [2.75, 3.05) is 6.54 Å². The number of nitrogens with zero attached hydrogens (tertiary/aromatic N) is 1. The van der Waals surface area contributed by atoms with Crippen LogP contribution in [0, 0.1) is 6.92 Å². The van der Waals surface area contributed by atoms with Crippen LogP contribution in [-0.4, -0.2) is 23.0 Å². The van der Waals surface area contributed by atoms with Crippen LogP contribution >= 0.6 is 11.3 Å². The second-order valence-corrected chi connectivity index (χ2v) is 6.78. The predicted molar refractivity (Wildman–Crippen MR) is 96.5 cm³/mol. The number of carbonyl (C=O) groups excluding carboxylic acids is 1. The number of aryl methyl sites for hydroxylation is 1. The van der Waals surface area contributed by atoms with E-state index in [1.807, 2.05) is 5.38 Å². The summed E-state index contributed by atoms with van der Waals surface area (Å²) in [4.78, 5) is 16.9. The Hall–Kier alpha value is -1.72. The van der Waals surface area contributed by atoms with Gasteiger partial charge in [-0.3, -0.25) is 4.79 Å². The molecule has 5 heteroatoms. The van der Waals surface area contributed by atoms with Gasteiger partial charge in [0.05, 0.1) is 17.7 Å². The van der Waals surface area contributed by atoms with Gasteiger partial charge < -0.3 is 11.1 Å². The lowest BCUT2D eigenvalue weighted by molar-refractivity contribution is -0.122. The first kappa shape index (κ1) is 17.6. The summed E-state index contributed by atoms with van der Waals surface area (Å²) in [6, 6.07) is 8.26. The van der Waals surface area contributed by atoms with Crippen LogP contribution in [0.1, 0.15) is 37.9 Å². The van der Waals surface area contributed by atoms with Gasteiger partial charge in [-0.05, 0) is 19.8 Å². The number of hydrogen-bond donors (Lipinski definition) is 2. The summed E-state index contributed by atoms with van der Waals surface area (Å²) in [5.74, 6) is -0.0140. The number of hydrogen-bond acceptors (Lipinski definition) is 4. The Morgan fingerprint density at radius 3 is 2.48 bits per heavy atom. The quantitative estimate of drug-likeness (QED) is 0.818. The number of carbonyl (C=O) groups is 1. The molecule has 0 aliphatic rings. The van der Waals surface area contributed by atoms with Gasteiger partial charge in [0.15, 0.2) is 0 Å². The Morgan fingerprint density at radius 1 is 1.26 bits per heavy atom. The molecular weight excluding hydrogens is 306 g/mol. The lowest BCUT2D eigenvalue weighted by atomic mass is 9.92. The van der Waals surface area contributed by atoms with Crippen molar-refractivity contribution < 1.29 is 4.79 Å². The van der Waals surface area contributed by atoms with E-state index in [1.165, 1.54) is 5.56 Å². The van der Waals surface area contributed by atoms with E-state index in [-0.39, 0.29) is 11.4 Å². The zero-order valence-electron chi connectivity index (χ0n) is 14.1. The Morgan fingerprint density at radius 2 is 1.91 bits per heavy atom. The van der Waals surface area contributed by atoms with Crippen molar-refractivity contribution in [2.45, 2.75) is 45.6 Å². The maximum Gasteiger partial charge on any atom is 0.226 e. The van der Waals surface area contributed by atoms with E-state index < -0.39 is 0 Å². The van der Waals surface area contributed by atoms with E-state index in [4.69, 9.17) is 5.73 Å². The Kier molecular flexibility index (Phi) is 5.91. The minimum absolute atomic E-state index is 0.0140. The van der Waals surface area contributed by atoms with E-state index in [0.717, 1.165) is 29.1 Å². The molecule has 0 saturated carbocycles. The molecule has 2 aromatic rings. The summed E-state index contributed by atoms with van der Waals surface area (Å²) in [6.07, 6.45) is 1.96. The molecule has 1 aromatic heterocycles. The minimum Gasteiger partial charge on any atom is -0.349 e. The fraction of sp³-hybridized carbons (Fsp3) is 0.444. The second kappa shape index (κ2) is 7.70. The van der Waals surface area contributed by atoms with Gasteiger partial charge in [-0.25, -0.2) is 4.98 Å². The fourth-order valence-electron chi connectivity index (χ4n) is 2.49. The molecule has 0 atom stereocenters. The molecule has 1 aromatic carbocycles. The van der Waals surface area contributed by atoms with Crippen LogP contribution in [0.2, 0.25) is 0 Å². The largest absolute Gasteiger partial charge is 0.349 e. The van der Waals surface area contributed by atoms with Crippen LogP contribution in [0.4, 0.5) is 0 Å². The standard InChI is InChI=1S/C18H25N3OS/c1-4-18(5-2,12-19)21-16(22)10-15-11-23-17(20-15)14-8-6-13(3)7-9-14/h6-9,11H,4-5,10,12,19H2,1-3H3,(H,21,22). The molecule has 0 bridgehead atoms. The van der Waals surface area contributed by atoms with Gasteiger partial charge in [0.1, 0.15) is 5.01 Å². The van der Waals surface area contributed by atoms with Crippen molar-refractivity contribution in [2.24, 2.45) is 5.73 Å². The van der Waals surface area contributed by atoms with Crippen molar-refractivity contribution in [3.63, 3.8) is 0 Å². The summed E-state index contributed by atoms with van der Waals surface area (Å²) < 4.78 is 0. The molecule has 0 saturated heterocycles. The second-order valence-electron chi connectivity index (χ2n) is 5.93. The highest BCUT2D eigenvalue weighted by Crippen LogP contribution is 2.24. The van der Waals surface area contributed by atoms with Crippen LogP contribution in [0.3, 0.4) is 0 Å². The maximum atomic E-state index is 12.3. The number of aromatic nitrogens is 1. The number of rotatable bonds is 7. The molecule has 0 aliphatic heterocycles. The van der Waals surface area contributed by atoms with Crippen molar-refractivity contribution in [3.05, 3.63) is 40.9 Å². The molecule has 2 rings (SSSR count). The third kappa shape index (κ3) is 4.39. The first-order chi connectivity index (χ1) is 11.0. The van der Waals surface area contributed by atoms with Gasteiger partial charge in [0.2, 0.25) is 5.91 Å². The summed E-state index contributed by atoms with van der Waals surface area (Å²) >= 11 is 1.57. The SMILES string of the molecule is CCC(CC)(CN)NC(=O)Cc1csc(-c2ccc(C)cc2)n1. The maximum absolute atomic E-state index is 12.3. The Bertz CT molecular complexity index is 636. The van der Waals surface area contributed by atoms with Crippen molar-refractivity contribution in [1.82, 2.24) is 10.3 Å². The molecule has 4 nitrogen and oxygen atoms in total. The summed E-state index contributed by atoms with van der Waals surface area (Å²) in [5, 5.41) is 5.99. The van der Waals surface area contributed by atoms with Crippen LogP contribution in [0.15, 0.2) is 29.6 Å². The normalized spacial score (nSPS) is 11.5. The van der Waals surface area contributed by atoms with Gasteiger partial charge in [-0.1, -0.05) is 43.7 Å². The highest BCUT2D eigenvalue weighted by atomic mass is 32.1. The van der Waals surface area contributed by atoms with Crippen molar-refractivity contribution >= 4 is 17.2 Å². The van der Waals surface area contributed by atoms with E-state index in [0.29, 0.717) is 13.0 Å². The van der Waals surface area contributed by atoms with Gasteiger partial charge >= 0.3 is 0 Å². The summed E-state index contributed by atoms with van der Waals surface area (Å²) in [5.41, 5.74) is 8.66. The minimum atomic E-state index is -0.299. The van der Waals surface area contributed by atoms with Crippen LogP contribution in [0.5, 0.6) is 0 Å². The first-order valence-electron chi connectivity index (χ1n) is 8.04. The first-order valence-corrected chi connectivity index (χ1v) is 8.92. The van der Waals surface area contributed by atoms with Crippen LogP contribution in [0.25, 0.3) is 10.6 Å². The third-order valence-corrected chi connectivity index (χ3v) is 5.28. The number of benzene rings is 1. The summed E-state index contributed by atoms with van der Waals surface area (Å²) in [7, 11) is 0. The highest BCUT2D eigenvalue weighted by Gasteiger charge is 2.26. The fourth-order valence-corrected chi connectivity index (χ4v) is 3.31. The van der Waals surface area contributed by atoms with Gasteiger partial charge in [0, 0.05) is 17.5 Å². The van der Waals surface area contributed by atoms with Gasteiger partial charge in [0.25, 0.3) is 0 Å². The molecule has 0 spiro atoms. The molecule has 0 radical (unpaired) electrons. The van der Waals surface area contributed by atoms with E-state index in [1.54, 1.807) is 11.3 Å². The topological polar surface area (TPSA) is 68.0 Å². The third-order valence-electron chi connectivity index (χ3n) is 4.34. The van der Waals surface area contributed by atoms with Gasteiger partial charge in [-0.15, -0.1) is 11.3 Å². The number of amides is 1. The highest BCUT2D eigenvalue weighted by molar-refractivity contribution is 7.13. The molecular formula is C18H25N3OS. The molecule has 0 aliphatic carbocycles. The number of thiazole rings is 1. The van der Waals surface area contributed by atoms with Crippen LogP contribution in [-0.2, 0) is 11.2 Å². The lowest BCUT2D eigenvalue weighted by Gasteiger charge is -2.31. The average Bonchev–Trinajstić information content (AvgIpc) is 3.02. The molecule has 1 amide bonds. The monoisotopic (exact) mass is 331 g/mol. The molecule has 0 unspecified atom stereocenters. The Labute approximate surface area is 142 Å². The number of nitrogens with two attached hydrogens (primary N) is 1. The molecule has 23 heavy (non-hydrogen) atoms. The van der Waals surface area contributed by atoms with Crippen LogP contribution < -0.4 is 11.1 Å². The van der Waals surface area contributed by atoms with E-state index in [2.05, 4.69) is 55.3 Å². The van der Waals surface area contributed by atoms with Crippen molar-refractivity contribution in [1.29, 1.82) is 0 Å². The molecule has 3 N–H and O–H groups in total. The zero-order valence-corrected chi connectivity index (χ0v) is 14.9. The predicted octanol–water partition coefficient (Wildman–Crippen LogP) is 3.29. The molecule has 124 valence electrons. The zero-order chi connectivity index (χ0) is 16.9.